The Morgan fingerprint density at radius 1 is 0.750 bits per heavy atom. The zero-order valence-corrected chi connectivity index (χ0v) is 24.5. The van der Waals surface area contributed by atoms with Crippen molar-refractivity contribution in [2.75, 3.05) is 9.44 Å². The van der Waals surface area contributed by atoms with Crippen molar-refractivity contribution in [3.8, 4) is 0 Å². The van der Waals surface area contributed by atoms with Crippen molar-refractivity contribution < 1.29 is 21.8 Å². The largest absolute Gasteiger partial charge is 0.285 e. The van der Waals surface area contributed by atoms with E-state index in [-0.39, 0.29) is 31.7 Å². The molecule has 0 aliphatic carbocycles. The molecule has 0 spiro atoms. The number of aryl methyl sites for hydroxylation is 2. The quantitative estimate of drug-likeness (QED) is 0.114. The second kappa shape index (κ2) is 11.9. The van der Waals surface area contributed by atoms with E-state index in [0.29, 0.717) is 10.8 Å². The van der Waals surface area contributed by atoms with Crippen LogP contribution in [-0.2, 0) is 25.8 Å². The number of nitrogens with zero attached hydrogens (tertiary/aromatic N) is 1. The van der Waals surface area contributed by atoms with Crippen LogP contribution in [0.25, 0.3) is 0 Å². The molecule has 0 amide bonds. The normalized spacial score (nSPS) is 11.7. The summed E-state index contributed by atoms with van der Waals surface area (Å²) >= 11 is 7.04. The van der Waals surface area contributed by atoms with Crippen LogP contribution in [0.5, 0.6) is 0 Å². The molecule has 0 unspecified atom stereocenters. The van der Waals surface area contributed by atoms with Crippen molar-refractivity contribution in [1.82, 2.24) is 0 Å². The monoisotopic (exact) mass is 617 g/mol. The fourth-order valence-electron chi connectivity index (χ4n) is 3.58. The first-order valence-corrected chi connectivity index (χ1v) is 16.1. The fraction of sp³-hybridized carbons (Fsp3) is 0.111. The Morgan fingerprint density at radius 2 is 1.20 bits per heavy atom. The molecule has 2 N–H and O–H groups in total. The van der Waals surface area contributed by atoms with Crippen LogP contribution in [0.15, 0.2) is 99.6 Å². The van der Waals surface area contributed by atoms with Gasteiger partial charge in [-0.1, -0.05) is 59.1 Å². The summed E-state index contributed by atoms with van der Waals surface area (Å²) in [6.45, 7) is 3.61. The van der Waals surface area contributed by atoms with E-state index in [1.54, 1.807) is 55.5 Å². The average molecular weight is 618 g/mol. The van der Waals surface area contributed by atoms with E-state index in [4.69, 9.17) is 11.6 Å². The van der Waals surface area contributed by atoms with Gasteiger partial charge >= 0.3 is 0 Å². The first-order chi connectivity index (χ1) is 18.8. The maximum absolute atomic E-state index is 13.2. The van der Waals surface area contributed by atoms with E-state index in [9.17, 15) is 26.9 Å². The molecule has 0 radical (unpaired) electrons. The summed E-state index contributed by atoms with van der Waals surface area (Å²) in [6, 6.07) is 21.3. The lowest BCUT2D eigenvalue weighted by molar-refractivity contribution is -0.387. The summed E-state index contributed by atoms with van der Waals surface area (Å²) in [5.74, 6) is 0.316. The molecular weight excluding hydrogens is 594 g/mol. The van der Waals surface area contributed by atoms with Crippen LogP contribution in [0, 0.1) is 24.0 Å². The molecule has 0 saturated heterocycles. The number of sulfonamides is 2. The van der Waals surface area contributed by atoms with Crippen LogP contribution in [0.3, 0.4) is 0 Å². The Labute approximate surface area is 241 Å². The van der Waals surface area contributed by atoms with Crippen molar-refractivity contribution in [3.63, 3.8) is 0 Å². The Bertz CT molecular complexity index is 1760. The van der Waals surface area contributed by atoms with Crippen LogP contribution in [0.4, 0.5) is 17.1 Å². The van der Waals surface area contributed by atoms with Crippen molar-refractivity contribution in [3.05, 3.63) is 117 Å². The van der Waals surface area contributed by atoms with Gasteiger partial charge in [0, 0.05) is 16.8 Å². The van der Waals surface area contributed by atoms with Crippen LogP contribution in [0.2, 0.25) is 5.02 Å². The third-order valence-corrected chi connectivity index (χ3v) is 9.89. The first kappa shape index (κ1) is 29.4. The third kappa shape index (κ3) is 7.13. The zero-order valence-electron chi connectivity index (χ0n) is 21.3. The highest BCUT2D eigenvalue weighted by molar-refractivity contribution is 7.98. The number of rotatable bonds is 10. The molecule has 4 aromatic rings. The molecule has 0 fully saturated rings. The van der Waals surface area contributed by atoms with E-state index in [2.05, 4.69) is 9.44 Å². The predicted octanol–water partition coefficient (Wildman–Crippen LogP) is 6.76. The maximum Gasteiger partial charge on any atom is 0.285 e. The highest BCUT2D eigenvalue weighted by Crippen LogP contribution is 2.40. The third-order valence-electron chi connectivity index (χ3n) is 5.75. The van der Waals surface area contributed by atoms with Crippen LogP contribution in [0.1, 0.15) is 16.7 Å². The van der Waals surface area contributed by atoms with Gasteiger partial charge in [0.2, 0.25) is 0 Å². The van der Waals surface area contributed by atoms with Crippen LogP contribution in [-0.4, -0.2) is 21.8 Å². The Morgan fingerprint density at radius 3 is 1.65 bits per heavy atom. The van der Waals surface area contributed by atoms with Crippen LogP contribution >= 0.6 is 23.4 Å². The number of halogens is 1. The lowest BCUT2D eigenvalue weighted by Crippen LogP contribution is -2.18. The minimum Gasteiger partial charge on any atom is -0.277 e. The van der Waals surface area contributed by atoms with Gasteiger partial charge in [0.25, 0.3) is 25.7 Å². The van der Waals surface area contributed by atoms with Gasteiger partial charge in [0.1, 0.15) is 0 Å². The Hall–Kier alpha value is -3.58. The van der Waals surface area contributed by atoms with Crippen molar-refractivity contribution >= 4 is 60.5 Å². The van der Waals surface area contributed by atoms with Gasteiger partial charge in [-0.25, -0.2) is 16.8 Å². The molecule has 0 bridgehead atoms. The maximum atomic E-state index is 13.2. The standard InChI is InChI=1S/C27H24ClN3O6S3/c1-18-3-11-22(12-4-18)39(34,35)29-24-15-26(31(32)33)27(38-17-20-7-9-21(28)10-8-20)16-25(24)30-40(36,37)23-13-5-19(2)6-14-23/h3-16,29-30H,17H2,1-2H3. The molecule has 0 aliphatic rings. The number of hydrogen-bond donors (Lipinski definition) is 2. The lowest BCUT2D eigenvalue weighted by Gasteiger charge is -2.17. The molecule has 40 heavy (non-hydrogen) atoms. The molecule has 4 rings (SSSR count). The van der Waals surface area contributed by atoms with Gasteiger partial charge in [0.15, 0.2) is 0 Å². The number of anilines is 2. The second-order valence-electron chi connectivity index (χ2n) is 8.87. The minimum absolute atomic E-state index is 0.0563. The van der Waals surface area contributed by atoms with Gasteiger partial charge in [-0.3, -0.25) is 19.6 Å². The Kier molecular flexibility index (Phi) is 8.74. The van der Waals surface area contributed by atoms with E-state index < -0.39 is 25.0 Å². The predicted molar refractivity (Wildman–Crippen MR) is 158 cm³/mol. The number of nitrogens with one attached hydrogen (secondary N) is 2. The van der Waals surface area contributed by atoms with Gasteiger partial charge in [-0.15, -0.1) is 11.8 Å². The smallest absolute Gasteiger partial charge is 0.277 e. The summed E-state index contributed by atoms with van der Waals surface area (Å²) in [4.78, 5) is 11.4. The van der Waals surface area contributed by atoms with Gasteiger partial charge < -0.3 is 0 Å². The molecule has 0 saturated carbocycles. The van der Waals surface area contributed by atoms with E-state index in [0.717, 1.165) is 34.5 Å². The second-order valence-corrected chi connectivity index (χ2v) is 13.7. The minimum atomic E-state index is -4.22. The molecule has 0 aliphatic heterocycles. The Balaban J connectivity index is 1.79. The number of nitro groups is 1. The average Bonchev–Trinajstić information content (AvgIpc) is 2.89. The fourth-order valence-corrected chi connectivity index (χ4v) is 6.84. The summed E-state index contributed by atoms with van der Waals surface area (Å²) < 4.78 is 57.5. The number of thioether (sulfide) groups is 1. The lowest BCUT2D eigenvalue weighted by atomic mass is 10.2. The molecule has 0 heterocycles. The van der Waals surface area contributed by atoms with Crippen molar-refractivity contribution in [1.29, 1.82) is 0 Å². The molecule has 13 heteroatoms. The van der Waals surface area contributed by atoms with Crippen molar-refractivity contribution in [2.45, 2.75) is 34.3 Å². The highest BCUT2D eigenvalue weighted by atomic mass is 35.5. The van der Waals surface area contributed by atoms with E-state index in [1.807, 2.05) is 6.92 Å². The SMILES string of the molecule is Cc1ccc(S(=O)(=O)Nc2cc(SCc3ccc(Cl)cc3)c([N+](=O)[O-])cc2NS(=O)(=O)c2ccc(C)cc2)cc1. The molecule has 0 atom stereocenters. The molecular formula is C27H24ClN3O6S3. The van der Waals surface area contributed by atoms with E-state index in [1.165, 1.54) is 30.3 Å². The number of nitro benzene ring substituents is 1. The molecule has 208 valence electrons. The summed E-state index contributed by atoms with van der Waals surface area (Å²) in [6.07, 6.45) is 0. The number of benzene rings is 4. The van der Waals surface area contributed by atoms with Crippen molar-refractivity contribution in [2.24, 2.45) is 0 Å². The summed E-state index contributed by atoms with van der Waals surface area (Å²) in [5.41, 5.74) is 1.66. The van der Waals surface area contributed by atoms with E-state index >= 15 is 0 Å². The zero-order chi connectivity index (χ0) is 29.1. The molecule has 9 nitrogen and oxygen atoms in total. The van der Waals surface area contributed by atoms with Gasteiger partial charge in [0.05, 0.1) is 31.0 Å². The highest BCUT2D eigenvalue weighted by Gasteiger charge is 2.25. The number of hydrogen-bond acceptors (Lipinski definition) is 7. The topological polar surface area (TPSA) is 135 Å². The van der Waals surface area contributed by atoms with Crippen LogP contribution < -0.4 is 9.44 Å². The first-order valence-electron chi connectivity index (χ1n) is 11.7. The summed E-state index contributed by atoms with van der Waals surface area (Å²) in [5, 5.41) is 12.6. The molecule has 0 aromatic heterocycles. The summed E-state index contributed by atoms with van der Waals surface area (Å²) in [7, 11) is -8.40. The van der Waals surface area contributed by atoms with Gasteiger partial charge in [-0.05, 0) is 61.9 Å². The molecule has 4 aromatic carbocycles. The van der Waals surface area contributed by atoms with Gasteiger partial charge in [-0.2, -0.15) is 0 Å².